The summed E-state index contributed by atoms with van der Waals surface area (Å²) in [5, 5.41) is 14.7. The van der Waals surface area contributed by atoms with Crippen LogP contribution in [0.25, 0.3) is 10.9 Å². The summed E-state index contributed by atoms with van der Waals surface area (Å²) in [5.74, 6) is 0.289. The molecule has 3 aromatic carbocycles. The third-order valence-corrected chi connectivity index (χ3v) is 6.46. The SMILES string of the molecule is CCOc1cc(CN[C@@H](Cc2c[nH]c3ccccc23)C(=O)O)cc(Br)c1OCc1ccc(Cl)cc1. The fourth-order valence-electron chi connectivity index (χ4n) is 3.87. The molecule has 0 amide bonds. The van der Waals surface area contributed by atoms with Crippen molar-refractivity contribution in [3.05, 3.63) is 93.0 Å². The molecule has 35 heavy (non-hydrogen) atoms. The van der Waals surface area contributed by atoms with Crippen molar-refractivity contribution in [2.24, 2.45) is 0 Å². The summed E-state index contributed by atoms with van der Waals surface area (Å²) in [5.41, 5.74) is 3.81. The van der Waals surface area contributed by atoms with Crippen LogP contribution in [0.15, 0.2) is 71.3 Å². The Balaban J connectivity index is 1.47. The lowest BCUT2D eigenvalue weighted by Gasteiger charge is -2.18. The van der Waals surface area contributed by atoms with Crippen molar-refractivity contribution in [3.63, 3.8) is 0 Å². The number of H-pyrrole nitrogens is 1. The van der Waals surface area contributed by atoms with E-state index in [0.29, 0.717) is 42.7 Å². The molecule has 4 rings (SSSR count). The summed E-state index contributed by atoms with van der Waals surface area (Å²) in [7, 11) is 0. The first-order chi connectivity index (χ1) is 16.9. The molecule has 0 fully saturated rings. The second-order valence-electron chi connectivity index (χ2n) is 8.09. The summed E-state index contributed by atoms with van der Waals surface area (Å²) in [6.45, 7) is 3.09. The fraction of sp³-hybridized carbons (Fsp3) is 0.222. The Morgan fingerprint density at radius 2 is 1.89 bits per heavy atom. The second kappa shape index (κ2) is 11.6. The van der Waals surface area contributed by atoms with Gasteiger partial charge >= 0.3 is 5.97 Å². The zero-order valence-corrected chi connectivity index (χ0v) is 21.5. The molecule has 8 heteroatoms. The number of halogens is 2. The van der Waals surface area contributed by atoms with Crippen LogP contribution in [0, 0.1) is 0 Å². The van der Waals surface area contributed by atoms with E-state index in [-0.39, 0.29) is 0 Å². The monoisotopic (exact) mass is 556 g/mol. The van der Waals surface area contributed by atoms with Gasteiger partial charge in [-0.15, -0.1) is 0 Å². The van der Waals surface area contributed by atoms with Gasteiger partial charge in [-0.2, -0.15) is 0 Å². The van der Waals surface area contributed by atoms with E-state index in [1.807, 2.05) is 73.8 Å². The van der Waals surface area contributed by atoms with Crippen LogP contribution >= 0.6 is 27.5 Å². The van der Waals surface area contributed by atoms with Gasteiger partial charge in [0.2, 0.25) is 0 Å². The molecule has 0 bridgehead atoms. The van der Waals surface area contributed by atoms with Gasteiger partial charge in [-0.3, -0.25) is 4.79 Å². The van der Waals surface area contributed by atoms with Gasteiger partial charge in [0.15, 0.2) is 11.5 Å². The summed E-state index contributed by atoms with van der Waals surface area (Å²) in [6, 6.07) is 18.4. The highest BCUT2D eigenvalue weighted by Crippen LogP contribution is 2.37. The van der Waals surface area contributed by atoms with E-state index >= 15 is 0 Å². The second-order valence-corrected chi connectivity index (χ2v) is 9.38. The number of hydrogen-bond acceptors (Lipinski definition) is 4. The first kappa shape index (κ1) is 25.1. The normalized spacial score (nSPS) is 12.0. The van der Waals surface area contributed by atoms with Crippen LogP contribution in [0.5, 0.6) is 11.5 Å². The van der Waals surface area contributed by atoms with E-state index in [2.05, 4.69) is 26.2 Å². The molecule has 0 saturated heterocycles. The van der Waals surface area contributed by atoms with Crippen molar-refractivity contribution in [1.29, 1.82) is 0 Å². The number of rotatable bonds is 11. The van der Waals surface area contributed by atoms with Gasteiger partial charge in [0, 0.05) is 35.1 Å². The predicted octanol–water partition coefficient (Wildman–Crippen LogP) is 6.35. The molecular weight excluding hydrogens is 532 g/mol. The third-order valence-electron chi connectivity index (χ3n) is 5.62. The molecule has 0 aliphatic carbocycles. The van der Waals surface area contributed by atoms with Crippen LogP contribution in [-0.4, -0.2) is 28.7 Å². The van der Waals surface area contributed by atoms with Gasteiger partial charge in [-0.1, -0.05) is 41.9 Å². The van der Waals surface area contributed by atoms with Crippen LogP contribution in [0.3, 0.4) is 0 Å². The first-order valence-corrected chi connectivity index (χ1v) is 12.4. The topological polar surface area (TPSA) is 83.6 Å². The highest BCUT2D eigenvalue weighted by Gasteiger charge is 2.20. The number of aliphatic carboxylic acids is 1. The van der Waals surface area contributed by atoms with E-state index in [4.69, 9.17) is 21.1 Å². The van der Waals surface area contributed by atoms with Crippen molar-refractivity contribution in [2.75, 3.05) is 6.61 Å². The Morgan fingerprint density at radius 1 is 1.11 bits per heavy atom. The van der Waals surface area contributed by atoms with Gasteiger partial charge in [-0.05, 0) is 69.9 Å². The maximum atomic E-state index is 12.0. The fourth-order valence-corrected chi connectivity index (χ4v) is 4.60. The molecule has 0 unspecified atom stereocenters. The van der Waals surface area contributed by atoms with Gasteiger partial charge in [-0.25, -0.2) is 0 Å². The van der Waals surface area contributed by atoms with Crippen LogP contribution in [0.1, 0.15) is 23.6 Å². The molecule has 3 N–H and O–H groups in total. The zero-order chi connectivity index (χ0) is 24.8. The van der Waals surface area contributed by atoms with E-state index in [9.17, 15) is 9.90 Å². The highest BCUT2D eigenvalue weighted by atomic mass is 79.9. The minimum atomic E-state index is -0.901. The molecular formula is C27H26BrClN2O4. The zero-order valence-electron chi connectivity index (χ0n) is 19.2. The molecule has 4 aromatic rings. The number of benzene rings is 3. The lowest BCUT2D eigenvalue weighted by molar-refractivity contribution is -0.139. The molecule has 1 atom stereocenters. The highest BCUT2D eigenvalue weighted by molar-refractivity contribution is 9.10. The number of ether oxygens (including phenoxy) is 2. The maximum absolute atomic E-state index is 12.0. The lowest BCUT2D eigenvalue weighted by Crippen LogP contribution is -2.38. The molecule has 0 spiro atoms. The van der Waals surface area contributed by atoms with E-state index in [0.717, 1.165) is 32.1 Å². The van der Waals surface area contributed by atoms with Crippen molar-refractivity contribution < 1.29 is 19.4 Å². The van der Waals surface area contributed by atoms with Gasteiger partial charge in [0.1, 0.15) is 12.6 Å². The Bertz CT molecular complexity index is 1310. The number of carboxylic acids is 1. The minimum Gasteiger partial charge on any atom is -0.490 e. The van der Waals surface area contributed by atoms with Gasteiger partial charge in [0.25, 0.3) is 0 Å². The lowest BCUT2D eigenvalue weighted by atomic mass is 10.0. The molecule has 1 heterocycles. The van der Waals surface area contributed by atoms with Crippen LogP contribution in [0.4, 0.5) is 0 Å². The molecule has 1 aromatic heterocycles. The summed E-state index contributed by atoms with van der Waals surface area (Å²) in [6.07, 6.45) is 2.24. The minimum absolute atomic E-state index is 0.357. The molecule has 6 nitrogen and oxygen atoms in total. The quantitative estimate of drug-likeness (QED) is 0.200. The Labute approximate surface area is 217 Å². The van der Waals surface area contributed by atoms with Crippen LogP contribution in [-0.2, 0) is 24.4 Å². The molecule has 0 radical (unpaired) electrons. The molecule has 0 aliphatic heterocycles. The number of para-hydroxylation sites is 1. The first-order valence-electron chi connectivity index (χ1n) is 11.3. The van der Waals surface area contributed by atoms with Gasteiger partial charge < -0.3 is 24.9 Å². The standard InChI is InChI=1S/C27H26BrClN2O4/c1-2-34-25-12-18(11-22(28)26(25)35-16-17-7-9-20(29)10-8-17)14-30-24(27(32)33)13-19-15-31-23-6-4-3-5-21(19)23/h3-12,15,24,30-31H,2,13-14,16H2,1H3,(H,32,33)/t24-/m0/s1. The van der Waals surface area contributed by atoms with Crippen LogP contribution < -0.4 is 14.8 Å². The van der Waals surface area contributed by atoms with Gasteiger partial charge in [0.05, 0.1) is 11.1 Å². The van der Waals surface area contributed by atoms with E-state index in [1.165, 1.54) is 0 Å². The number of carbonyl (C=O) groups is 1. The molecule has 0 aliphatic rings. The molecule has 182 valence electrons. The Morgan fingerprint density at radius 3 is 2.63 bits per heavy atom. The summed E-state index contributed by atoms with van der Waals surface area (Å²) in [4.78, 5) is 15.2. The Hall–Kier alpha value is -3.00. The number of aromatic nitrogens is 1. The number of aromatic amines is 1. The number of hydrogen-bond donors (Lipinski definition) is 3. The van der Waals surface area contributed by atoms with Crippen molar-refractivity contribution in [3.8, 4) is 11.5 Å². The molecule has 0 saturated carbocycles. The number of fused-ring (bicyclic) bond motifs is 1. The average Bonchev–Trinajstić information content (AvgIpc) is 3.25. The van der Waals surface area contributed by atoms with Crippen molar-refractivity contribution in [1.82, 2.24) is 10.3 Å². The van der Waals surface area contributed by atoms with Crippen molar-refractivity contribution >= 4 is 44.4 Å². The largest absolute Gasteiger partial charge is 0.490 e. The van der Waals surface area contributed by atoms with E-state index in [1.54, 1.807) is 0 Å². The Kier molecular flexibility index (Phi) is 8.33. The summed E-state index contributed by atoms with van der Waals surface area (Å²) < 4.78 is 12.6. The summed E-state index contributed by atoms with van der Waals surface area (Å²) >= 11 is 9.55. The number of nitrogens with one attached hydrogen (secondary N) is 2. The maximum Gasteiger partial charge on any atom is 0.321 e. The smallest absolute Gasteiger partial charge is 0.321 e. The predicted molar refractivity (Wildman–Crippen MR) is 141 cm³/mol. The number of carboxylic acid groups (broad SMARTS) is 1. The third kappa shape index (κ3) is 6.36. The van der Waals surface area contributed by atoms with E-state index < -0.39 is 12.0 Å². The van der Waals surface area contributed by atoms with Crippen molar-refractivity contribution in [2.45, 2.75) is 32.5 Å². The average molecular weight is 558 g/mol. The van der Waals surface area contributed by atoms with Crippen LogP contribution in [0.2, 0.25) is 5.02 Å².